The fraction of sp³-hybridized carbons (Fsp3) is 0.810. The third-order valence-electron chi connectivity index (χ3n) is 8.92. The molecule has 268 valence electrons. The molecule has 2 aliphatic rings. The van der Waals surface area contributed by atoms with Crippen molar-refractivity contribution >= 4 is 11.8 Å². The number of rotatable bonds is 18. The van der Waals surface area contributed by atoms with E-state index in [-0.39, 0.29) is 0 Å². The van der Waals surface area contributed by atoms with Crippen molar-refractivity contribution in [2.24, 2.45) is 23.7 Å². The molecule has 2 nitrogen and oxygen atoms in total. The maximum atomic E-state index is 4.03. The van der Waals surface area contributed by atoms with Gasteiger partial charge in [-0.15, -0.1) is 19.7 Å². The lowest BCUT2D eigenvalue weighted by Crippen LogP contribution is -2.32. The zero-order chi connectivity index (χ0) is 35.0. The first kappa shape index (κ1) is 48.6. The van der Waals surface area contributed by atoms with Crippen molar-refractivity contribution in [2.45, 2.75) is 183 Å². The van der Waals surface area contributed by atoms with Gasteiger partial charge in [0.15, 0.2) is 0 Å². The lowest BCUT2D eigenvalue weighted by Gasteiger charge is -2.31. The minimum Gasteiger partial charge on any atom is -0.318 e. The third kappa shape index (κ3) is 31.6. The van der Waals surface area contributed by atoms with Gasteiger partial charge < -0.3 is 10.6 Å². The summed E-state index contributed by atoms with van der Waals surface area (Å²) in [5, 5.41) is 7.53. The number of hydrogen-bond acceptors (Lipinski definition) is 3. The molecule has 6 unspecified atom stereocenters. The molecule has 6 atom stereocenters. The first-order chi connectivity index (χ1) is 21.4. The van der Waals surface area contributed by atoms with Crippen LogP contribution < -0.4 is 10.6 Å². The van der Waals surface area contributed by atoms with Gasteiger partial charge in [0, 0.05) is 23.4 Å². The quantitative estimate of drug-likeness (QED) is 0.0881. The Morgan fingerprint density at radius 1 is 0.889 bits per heavy atom. The fourth-order valence-electron chi connectivity index (χ4n) is 5.34. The minimum absolute atomic E-state index is 0.634. The van der Waals surface area contributed by atoms with Crippen LogP contribution in [0.5, 0.6) is 0 Å². The number of nitrogens with one attached hydrogen (secondary N) is 2. The first-order valence-corrected chi connectivity index (χ1v) is 20.1. The molecule has 0 aromatic heterocycles. The van der Waals surface area contributed by atoms with Crippen molar-refractivity contribution in [3.8, 4) is 0 Å². The van der Waals surface area contributed by atoms with Crippen LogP contribution >= 0.6 is 11.8 Å². The molecule has 0 spiro atoms. The van der Waals surface area contributed by atoms with Gasteiger partial charge in [-0.25, -0.2) is 0 Å². The maximum absolute atomic E-state index is 4.03. The fourth-order valence-corrected chi connectivity index (χ4v) is 6.46. The van der Waals surface area contributed by atoms with Gasteiger partial charge in [0.2, 0.25) is 0 Å². The summed E-state index contributed by atoms with van der Waals surface area (Å²) in [5.41, 5.74) is 1.34. The van der Waals surface area contributed by atoms with Crippen molar-refractivity contribution in [2.75, 3.05) is 13.3 Å². The summed E-state index contributed by atoms with van der Waals surface area (Å²) in [6.07, 6.45) is 29.4. The van der Waals surface area contributed by atoms with Crippen LogP contribution in [-0.2, 0) is 0 Å². The topological polar surface area (TPSA) is 34.0 Å². The molecular weight excluding hydrogens is 565 g/mol. The molecule has 3 heteroatoms. The van der Waals surface area contributed by atoms with Crippen LogP contribution in [0.15, 0.2) is 49.6 Å². The molecule has 0 radical (unpaired) electrons. The Kier molecular flexibility index (Phi) is 37.3. The van der Waals surface area contributed by atoms with E-state index >= 15 is 0 Å². The Bertz CT molecular complexity index is 680. The van der Waals surface area contributed by atoms with E-state index in [1.165, 1.54) is 95.5 Å². The molecule has 0 aromatic rings. The van der Waals surface area contributed by atoms with Gasteiger partial charge in [-0.2, -0.15) is 11.8 Å². The zero-order valence-corrected chi connectivity index (χ0v) is 33.7. The van der Waals surface area contributed by atoms with E-state index in [9.17, 15) is 0 Å². The van der Waals surface area contributed by atoms with Crippen LogP contribution in [0.1, 0.15) is 159 Å². The lowest BCUT2D eigenvalue weighted by atomic mass is 9.79. The second-order valence-corrected chi connectivity index (χ2v) is 15.2. The smallest absolute Gasteiger partial charge is 0.0348 e. The van der Waals surface area contributed by atoms with Gasteiger partial charge >= 0.3 is 0 Å². The zero-order valence-electron chi connectivity index (χ0n) is 32.9. The summed E-state index contributed by atoms with van der Waals surface area (Å²) in [7, 11) is 1.95. The summed E-state index contributed by atoms with van der Waals surface area (Å²) >= 11 is 2.04. The normalized spacial score (nSPS) is 21.9. The summed E-state index contributed by atoms with van der Waals surface area (Å²) < 4.78 is 0. The van der Waals surface area contributed by atoms with Crippen molar-refractivity contribution in [1.29, 1.82) is 0 Å². The van der Waals surface area contributed by atoms with Crippen LogP contribution in [-0.4, -0.2) is 36.7 Å². The van der Waals surface area contributed by atoms with Crippen LogP contribution in [0.4, 0.5) is 0 Å². The molecule has 0 amide bonds. The second-order valence-electron chi connectivity index (χ2n) is 14.1. The van der Waals surface area contributed by atoms with E-state index in [0.29, 0.717) is 6.04 Å². The van der Waals surface area contributed by atoms with E-state index in [1.54, 1.807) is 6.08 Å². The number of unbranched alkanes of at least 4 members (excludes halogenated alkanes) is 9. The predicted molar refractivity (Wildman–Crippen MR) is 215 cm³/mol. The predicted octanol–water partition coefficient (Wildman–Crippen LogP) is 13.2. The molecule has 0 aromatic carbocycles. The maximum Gasteiger partial charge on any atom is 0.0348 e. The molecule has 2 fully saturated rings. The Hall–Kier alpha value is -0.770. The number of fused-ring (bicyclic) bond motifs is 1. The summed E-state index contributed by atoms with van der Waals surface area (Å²) in [6, 6.07) is 2.24. The van der Waals surface area contributed by atoms with Gasteiger partial charge in [-0.3, -0.25) is 0 Å². The summed E-state index contributed by atoms with van der Waals surface area (Å²) in [6.45, 7) is 33.1. The molecule has 1 saturated carbocycles. The van der Waals surface area contributed by atoms with Gasteiger partial charge in [-0.05, 0) is 102 Å². The van der Waals surface area contributed by atoms with Gasteiger partial charge in [0.05, 0.1) is 0 Å². The van der Waals surface area contributed by atoms with Crippen molar-refractivity contribution in [3.05, 3.63) is 49.6 Å². The number of hydrogen-bond donors (Lipinski definition) is 2. The Morgan fingerprint density at radius 2 is 1.38 bits per heavy atom. The van der Waals surface area contributed by atoms with Crippen molar-refractivity contribution < 1.29 is 0 Å². The molecule has 2 rings (SSSR count). The van der Waals surface area contributed by atoms with Crippen LogP contribution in [0.25, 0.3) is 0 Å². The van der Waals surface area contributed by atoms with Gasteiger partial charge in [-0.1, -0.05) is 124 Å². The van der Waals surface area contributed by atoms with Crippen molar-refractivity contribution in [1.82, 2.24) is 10.6 Å². The molecular formula is C42H84N2S. The summed E-state index contributed by atoms with van der Waals surface area (Å²) in [5.74, 6) is 3.49. The number of allylic oxidation sites excluding steroid dienone is 5. The minimum atomic E-state index is 0.634. The highest BCUT2D eigenvalue weighted by Gasteiger charge is 2.52. The highest BCUT2D eigenvalue weighted by Crippen LogP contribution is 2.44. The first-order valence-electron chi connectivity index (χ1n) is 18.8. The van der Waals surface area contributed by atoms with Gasteiger partial charge in [0.1, 0.15) is 0 Å². The second kappa shape index (κ2) is 34.6. The Morgan fingerprint density at radius 3 is 1.76 bits per heavy atom. The van der Waals surface area contributed by atoms with Crippen LogP contribution in [0.2, 0.25) is 0 Å². The largest absolute Gasteiger partial charge is 0.318 e. The average Bonchev–Trinajstić information content (AvgIpc) is 3.80. The highest BCUT2D eigenvalue weighted by molar-refractivity contribution is 7.99. The van der Waals surface area contributed by atoms with E-state index < -0.39 is 0 Å². The SMILES string of the molecule is C=C(C)CC1CC(C)C(SC)C2NC12.C=CC.C=CCCCCCCC/C=C/CCCCC.CCC(C)C(C)C.CNC(C)C. The van der Waals surface area contributed by atoms with E-state index in [0.717, 1.165) is 41.0 Å². The molecule has 1 aliphatic heterocycles. The number of thioether (sulfide) groups is 1. The van der Waals surface area contributed by atoms with Crippen LogP contribution in [0.3, 0.4) is 0 Å². The van der Waals surface area contributed by atoms with Crippen molar-refractivity contribution in [3.63, 3.8) is 0 Å². The molecule has 1 saturated heterocycles. The molecule has 45 heavy (non-hydrogen) atoms. The summed E-state index contributed by atoms with van der Waals surface area (Å²) in [4.78, 5) is 0. The Balaban J connectivity index is -0.000000549. The molecule has 2 N–H and O–H groups in total. The standard InChI is InChI=1S/C16H30.C12H21NS.C7H16.C4H11N.C3H6/c1-3-5-7-9-11-13-15-16-14-12-10-8-6-4-2;1-7(2)5-9-6-8(3)12(14-4)11-10(9)13-11;1-5-7(4)6(2)3;1-4(2)5-3;1-3-2/h3,12,14H,1,4-11,13,15-16H2,2H3;8-13H,1,5-6H2,2-4H3;6-7H,5H2,1-4H3;4-5H,1-3H3;3H,1H2,2H3/b14-12+;;;;. The highest BCUT2D eigenvalue weighted by atomic mass is 32.2. The van der Waals surface area contributed by atoms with E-state index in [2.05, 4.69) is 111 Å². The molecule has 1 aliphatic carbocycles. The Labute approximate surface area is 290 Å². The average molecular weight is 649 g/mol. The van der Waals surface area contributed by atoms with E-state index in [1.807, 2.05) is 31.8 Å². The molecule has 0 bridgehead atoms. The third-order valence-corrected chi connectivity index (χ3v) is 10.2. The molecule has 1 heterocycles. The lowest BCUT2D eigenvalue weighted by molar-refractivity contribution is 0.330. The van der Waals surface area contributed by atoms with Crippen LogP contribution in [0, 0.1) is 23.7 Å². The monoisotopic (exact) mass is 649 g/mol. The van der Waals surface area contributed by atoms with Gasteiger partial charge in [0.25, 0.3) is 0 Å². The van der Waals surface area contributed by atoms with E-state index in [4.69, 9.17) is 0 Å².